The molecule has 3 aliphatic rings. The van der Waals surface area contributed by atoms with Gasteiger partial charge in [0.25, 0.3) is 0 Å². The summed E-state index contributed by atoms with van der Waals surface area (Å²) < 4.78 is 38.7. The Morgan fingerprint density at radius 1 is 1.10 bits per heavy atom. The number of anilines is 3. The molecule has 3 aromatic heterocycles. The van der Waals surface area contributed by atoms with Crippen LogP contribution in [0.1, 0.15) is 43.5 Å². The average Bonchev–Trinajstić information content (AvgIpc) is 3.36. The zero-order chi connectivity index (χ0) is 28.4. The summed E-state index contributed by atoms with van der Waals surface area (Å²) in [5, 5.41) is 15.3. The number of aryl methyl sites for hydroxylation is 1. The Hall–Kier alpha value is -2.84. The van der Waals surface area contributed by atoms with E-state index in [1.54, 1.807) is 11.4 Å². The topological polar surface area (TPSA) is 138 Å². The molecule has 12 nitrogen and oxygen atoms in total. The quantitative estimate of drug-likeness (QED) is 0.326. The van der Waals surface area contributed by atoms with Gasteiger partial charge in [-0.3, -0.25) is 15.0 Å². The van der Waals surface area contributed by atoms with Crippen molar-refractivity contribution < 1.29 is 17.9 Å². The fourth-order valence-corrected chi connectivity index (χ4v) is 8.31. The number of piperidine rings is 2. The first-order valence-corrected chi connectivity index (χ1v) is 16.2. The summed E-state index contributed by atoms with van der Waals surface area (Å²) in [6, 6.07) is 8.15. The minimum absolute atomic E-state index is 0.0142. The van der Waals surface area contributed by atoms with E-state index in [1.165, 1.54) is 0 Å². The number of hydrogen-bond donors (Lipinski definition) is 3. The zero-order valence-corrected chi connectivity index (χ0v) is 24.6. The number of nitrogens with zero attached hydrogens (tertiary/aromatic N) is 5. The molecule has 3 aromatic rings. The number of morpholine rings is 1. The molecule has 13 heteroatoms. The monoisotopic (exact) mass is 584 g/mol. The average molecular weight is 585 g/mol. The molecule has 0 aromatic carbocycles. The SMILES string of the molecule is COCCS(=O)(=O)N1[C@@H]2CCC[C@H]1CC(Nc1nc(Nc3cc(C)[nH]n3)cc3nc(CN4CCOCC4)ccc13)C2. The molecule has 0 aliphatic carbocycles. The molecule has 6 heterocycles. The molecule has 0 radical (unpaired) electrons. The number of fused-ring (bicyclic) bond motifs is 3. The van der Waals surface area contributed by atoms with E-state index in [9.17, 15) is 8.42 Å². The maximum Gasteiger partial charge on any atom is 0.216 e. The van der Waals surface area contributed by atoms with Crippen LogP contribution in [0.3, 0.4) is 0 Å². The van der Waals surface area contributed by atoms with Gasteiger partial charge in [-0.2, -0.15) is 9.40 Å². The molecule has 0 spiro atoms. The van der Waals surface area contributed by atoms with Crippen molar-refractivity contribution in [3.05, 3.63) is 35.7 Å². The van der Waals surface area contributed by atoms with Crippen molar-refractivity contribution >= 4 is 38.4 Å². The highest BCUT2D eigenvalue weighted by molar-refractivity contribution is 7.89. The molecule has 3 aliphatic heterocycles. The minimum Gasteiger partial charge on any atom is -0.384 e. The number of nitrogens with one attached hydrogen (secondary N) is 3. The van der Waals surface area contributed by atoms with Gasteiger partial charge in [0.05, 0.1) is 36.8 Å². The minimum atomic E-state index is -3.37. The molecule has 3 atom stereocenters. The summed E-state index contributed by atoms with van der Waals surface area (Å²) in [4.78, 5) is 12.3. The second-order valence-electron chi connectivity index (χ2n) is 11.4. The van der Waals surface area contributed by atoms with E-state index >= 15 is 0 Å². The van der Waals surface area contributed by atoms with Gasteiger partial charge in [-0.25, -0.2) is 13.4 Å². The maximum absolute atomic E-state index is 13.2. The van der Waals surface area contributed by atoms with Gasteiger partial charge in [0.2, 0.25) is 10.0 Å². The number of hydrogen-bond acceptors (Lipinski definition) is 10. The van der Waals surface area contributed by atoms with E-state index < -0.39 is 10.0 Å². The van der Waals surface area contributed by atoms with Crippen molar-refractivity contribution in [2.45, 2.75) is 63.7 Å². The highest BCUT2D eigenvalue weighted by Gasteiger charge is 2.44. The largest absolute Gasteiger partial charge is 0.384 e. The van der Waals surface area contributed by atoms with Crippen molar-refractivity contribution in [2.75, 3.05) is 56.4 Å². The summed E-state index contributed by atoms with van der Waals surface area (Å²) in [6.45, 7) is 6.23. The number of pyridine rings is 2. The Labute approximate surface area is 241 Å². The molecule has 2 bridgehead atoms. The smallest absolute Gasteiger partial charge is 0.216 e. The lowest BCUT2D eigenvalue weighted by Gasteiger charge is -2.48. The Kier molecular flexibility index (Phi) is 8.40. The van der Waals surface area contributed by atoms with Crippen LogP contribution in [0.2, 0.25) is 0 Å². The van der Waals surface area contributed by atoms with E-state index in [0.717, 1.165) is 93.1 Å². The molecule has 3 N–H and O–H groups in total. The van der Waals surface area contributed by atoms with E-state index in [2.05, 4.69) is 37.9 Å². The first kappa shape index (κ1) is 28.3. The van der Waals surface area contributed by atoms with Gasteiger partial charge in [0, 0.05) is 68.1 Å². The Morgan fingerprint density at radius 2 is 1.88 bits per heavy atom. The van der Waals surface area contributed by atoms with Gasteiger partial charge in [0.1, 0.15) is 11.6 Å². The van der Waals surface area contributed by atoms with Gasteiger partial charge < -0.3 is 20.1 Å². The third-order valence-corrected chi connectivity index (χ3v) is 10.2. The van der Waals surface area contributed by atoms with Crippen molar-refractivity contribution in [3.8, 4) is 0 Å². The number of rotatable bonds is 10. The van der Waals surface area contributed by atoms with Gasteiger partial charge in [0.15, 0.2) is 5.82 Å². The van der Waals surface area contributed by atoms with Gasteiger partial charge in [-0.1, -0.05) is 6.42 Å². The molecule has 1 unspecified atom stereocenters. The Bertz CT molecular complexity index is 1440. The van der Waals surface area contributed by atoms with Crippen LogP contribution in [0, 0.1) is 6.92 Å². The van der Waals surface area contributed by atoms with Crippen LogP contribution in [0.5, 0.6) is 0 Å². The maximum atomic E-state index is 13.2. The van der Waals surface area contributed by atoms with Crippen LogP contribution in [-0.4, -0.2) is 102 Å². The third kappa shape index (κ3) is 6.49. The van der Waals surface area contributed by atoms with E-state index in [4.69, 9.17) is 19.4 Å². The number of H-pyrrole nitrogens is 1. The van der Waals surface area contributed by atoms with Crippen LogP contribution in [0.15, 0.2) is 24.3 Å². The van der Waals surface area contributed by atoms with E-state index in [-0.39, 0.29) is 30.5 Å². The summed E-state index contributed by atoms with van der Waals surface area (Å²) in [6.07, 6.45) is 4.29. The van der Waals surface area contributed by atoms with E-state index in [1.807, 2.05) is 19.1 Å². The standard InChI is InChI=1S/C28H40N8O4S/c1-19-14-27(34-33-19)31-26-17-25-24(7-6-20(29-25)18-35-8-10-40-11-9-35)28(32-26)30-21-15-22-4-3-5-23(16-21)36(22)41(37,38)13-12-39-2/h6-7,14,17,21-23H,3-5,8-13,15-16,18H2,1-2H3,(H3,30,31,32,33,34)/t21?,22-,23+. The van der Waals surface area contributed by atoms with Crippen LogP contribution in [0.25, 0.3) is 10.9 Å². The van der Waals surface area contributed by atoms with Gasteiger partial charge in [-0.05, 0) is 44.7 Å². The highest BCUT2D eigenvalue weighted by atomic mass is 32.2. The molecule has 3 fully saturated rings. The van der Waals surface area contributed by atoms with Crippen LogP contribution in [-0.2, 0) is 26.0 Å². The van der Waals surface area contributed by atoms with Crippen LogP contribution in [0.4, 0.5) is 17.5 Å². The highest BCUT2D eigenvalue weighted by Crippen LogP contribution is 2.38. The number of aromatic nitrogens is 4. The second kappa shape index (κ2) is 12.2. The lowest BCUT2D eigenvalue weighted by atomic mass is 9.84. The summed E-state index contributed by atoms with van der Waals surface area (Å²) >= 11 is 0. The molecule has 0 saturated carbocycles. The number of aromatic amines is 1. The summed E-state index contributed by atoms with van der Waals surface area (Å²) in [7, 11) is -1.83. The van der Waals surface area contributed by atoms with Crippen LogP contribution < -0.4 is 10.6 Å². The summed E-state index contributed by atoms with van der Waals surface area (Å²) in [5.74, 6) is 2.12. The molecule has 222 valence electrons. The predicted molar refractivity (Wildman–Crippen MR) is 158 cm³/mol. The fraction of sp³-hybridized carbons (Fsp3) is 0.607. The van der Waals surface area contributed by atoms with Gasteiger partial charge in [-0.15, -0.1) is 0 Å². The number of methoxy groups -OCH3 is 1. The number of ether oxygens (including phenoxy) is 2. The first-order chi connectivity index (χ1) is 19.9. The van der Waals surface area contributed by atoms with E-state index in [0.29, 0.717) is 11.6 Å². The Balaban J connectivity index is 1.27. The zero-order valence-electron chi connectivity index (χ0n) is 23.8. The van der Waals surface area contributed by atoms with Crippen molar-refractivity contribution in [3.63, 3.8) is 0 Å². The molecular weight excluding hydrogens is 544 g/mol. The number of sulfonamides is 1. The molecule has 3 saturated heterocycles. The lowest BCUT2D eigenvalue weighted by Crippen LogP contribution is -2.57. The molecular formula is C28H40N8O4S. The molecule has 6 rings (SSSR count). The predicted octanol–water partition coefficient (Wildman–Crippen LogP) is 3.01. The second-order valence-corrected chi connectivity index (χ2v) is 13.4. The van der Waals surface area contributed by atoms with Gasteiger partial charge >= 0.3 is 0 Å². The summed E-state index contributed by atoms with van der Waals surface area (Å²) in [5.41, 5.74) is 2.81. The molecule has 41 heavy (non-hydrogen) atoms. The van der Waals surface area contributed by atoms with Crippen molar-refractivity contribution in [1.29, 1.82) is 0 Å². The molecule has 0 amide bonds. The Morgan fingerprint density at radius 3 is 2.59 bits per heavy atom. The lowest BCUT2D eigenvalue weighted by molar-refractivity contribution is 0.0337. The van der Waals surface area contributed by atoms with Crippen LogP contribution >= 0.6 is 0 Å². The third-order valence-electron chi connectivity index (χ3n) is 8.31. The van der Waals surface area contributed by atoms with Crippen molar-refractivity contribution in [2.24, 2.45) is 0 Å². The van der Waals surface area contributed by atoms with Crippen molar-refractivity contribution in [1.82, 2.24) is 29.4 Å². The first-order valence-electron chi connectivity index (χ1n) is 14.5. The fourth-order valence-electron chi connectivity index (χ4n) is 6.43. The normalized spacial score (nSPS) is 24.0.